The number of hydrogen-bond acceptors (Lipinski definition) is 5. The number of furan rings is 1. The Kier molecular flexibility index (Phi) is 4.87. The van der Waals surface area contributed by atoms with Gasteiger partial charge in [0.25, 0.3) is 5.56 Å². The zero-order valence-electron chi connectivity index (χ0n) is 13.7. The molecule has 2 N–H and O–H groups in total. The molecule has 9 nitrogen and oxygen atoms in total. The molecule has 27 heavy (non-hydrogen) atoms. The van der Waals surface area contributed by atoms with Crippen LogP contribution in [0.3, 0.4) is 0 Å². The van der Waals surface area contributed by atoms with Gasteiger partial charge in [0.15, 0.2) is 0 Å². The number of rotatable bonds is 6. The molecule has 0 aliphatic rings. The lowest BCUT2D eigenvalue weighted by Crippen LogP contribution is -2.45. The largest absolute Gasteiger partial charge is 0.481 e. The molecule has 0 radical (unpaired) electrons. The topological polar surface area (TPSA) is 132 Å². The van der Waals surface area contributed by atoms with E-state index in [2.05, 4.69) is 0 Å². The monoisotopic (exact) mass is 392 g/mol. The first-order chi connectivity index (χ1) is 12.8. The van der Waals surface area contributed by atoms with Crippen molar-refractivity contribution in [3.8, 4) is 0 Å². The predicted octanol–water partition coefficient (Wildman–Crippen LogP) is 1.56. The number of carbonyl (C=O) groups is 2. The summed E-state index contributed by atoms with van der Waals surface area (Å²) >= 11 is 5.94. The van der Waals surface area contributed by atoms with Gasteiger partial charge in [-0.15, -0.1) is 0 Å². The van der Waals surface area contributed by atoms with Gasteiger partial charge in [-0.2, -0.15) is 0 Å². The van der Waals surface area contributed by atoms with Crippen molar-refractivity contribution in [3.63, 3.8) is 0 Å². The van der Waals surface area contributed by atoms with E-state index in [9.17, 15) is 24.3 Å². The van der Waals surface area contributed by atoms with E-state index in [0.29, 0.717) is 10.3 Å². The molecule has 0 saturated carbocycles. The van der Waals surface area contributed by atoms with Gasteiger partial charge in [-0.1, -0.05) is 11.6 Å². The van der Waals surface area contributed by atoms with Crippen LogP contribution in [0, 0.1) is 0 Å². The predicted molar refractivity (Wildman–Crippen MR) is 94.2 cm³/mol. The van der Waals surface area contributed by atoms with Gasteiger partial charge >= 0.3 is 17.6 Å². The third-order valence-corrected chi connectivity index (χ3v) is 4.23. The maximum atomic E-state index is 12.9. The Morgan fingerprint density at radius 1 is 1.19 bits per heavy atom. The Bertz CT molecular complexity index is 1140. The van der Waals surface area contributed by atoms with Crippen LogP contribution in [0.15, 0.2) is 50.6 Å². The molecule has 3 rings (SSSR count). The summed E-state index contributed by atoms with van der Waals surface area (Å²) in [5.74, 6) is -2.68. The first-order valence-corrected chi connectivity index (χ1v) is 8.09. The van der Waals surface area contributed by atoms with E-state index in [-0.39, 0.29) is 22.5 Å². The fraction of sp³-hybridized carbons (Fsp3) is 0.176. The molecule has 0 saturated heterocycles. The van der Waals surface area contributed by atoms with E-state index in [1.807, 2.05) is 0 Å². The van der Waals surface area contributed by atoms with Gasteiger partial charge in [0, 0.05) is 5.02 Å². The van der Waals surface area contributed by atoms with Crippen molar-refractivity contribution in [1.82, 2.24) is 9.13 Å². The Balaban J connectivity index is 2.36. The van der Waals surface area contributed by atoms with E-state index in [1.54, 1.807) is 12.1 Å². The Labute approximate surface area is 155 Å². The quantitative estimate of drug-likeness (QED) is 0.650. The van der Waals surface area contributed by atoms with Gasteiger partial charge in [-0.25, -0.2) is 14.2 Å². The second-order valence-corrected chi connectivity index (χ2v) is 6.17. The Morgan fingerprint density at radius 3 is 2.52 bits per heavy atom. The second kappa shape index (κ2) is 7.12. The molecule has 2 aromatic heterocycles. The number of hydrogen-bond donors (Lipinski definition) is 2. The fourth-order valence-electron chi connectivity index (χ4n) is 2.81. The summed E-state index contributed by atoms with van der Waals surface area (Å²) in [7, 11) is 0. The van der Waals surface area contributed by atoms with Crippen LogP contribution in [-0.2, 0) is 16.1 Å². The highest BCUT2D eigenvalue weighted by atomic mass is 35.5. The number of nitrogens with zero attached hydrogens (tertiary/aromatic N) is 2. The van der Waals surface area contributed by atoms with Gasteiger partial charge in [0.05, 0.1) is 30.1 Å². The lowest BCUT2D eigenvalue weighted by atomic mass is 10.2. The van der Waals surface area contributed by atoms with Gasteiger partial charge in [0.1, 0.15) is 11.8 Å². The zero-order chi connectivity index (χ0) is 19.7. The number of benzene rings is 1. The van der Waals surface area contributed by atoms with Crippen LogP contribution in [-0.4, -0.2) is 31.3 Å². The molecule has 0 aliphatic carbocycles. The Hall–Kier alpha value is -3.33. The molecule has 2 heterocycles. The van der Waals surface area contributed by atoms with Gasteiger partial charge < -0.3 is 14.6 Å². The summed E-state index contributed by atoms with van der Waals surface area (Å²) < 4.78 is 6.80. The lowest BCUT2D eigenvalue weighted by molar-refractivity contribution is -0.147. The maximum Gasteiger partial charge on any atom is 0.332 e. The minimum atomic E-state index is -1.87. The molecule has 0 aliphatic heterocycles. The average Bonchev–Trinajstić information content (AvgIpc) is 3.10. The van der Waals surface area contributed by atoms with Crippen LogP contribution >= 0.6 is 11.6 Å². The number of aromatic nitrogens is 2. The zero-order valence-corrected chi connectivity index (χ0v) is 14.4. The normalized spacial score (nSPS) is 12.2. The van der Waals surface area contributed by atoms with Crippen LogP contribution in [0.4, 0.5) is 0 Å². The van der Waals surface area contributed by atoms with Crippen molar-refractivity contribution in [2.75, 3.05) is 0 Å². The highest BCUT2D eigenvalue weighted by Gasteiger charge is 2.28. The molecule has 1 aromatic carbocycles. The highest BCUT2D eigenvalue weighted by molar-refractivity contribution is 6.31. The molecule has 0 bridgehead atoms. The van der Waals surface area contributed by atoms with Crippen molar-refractivity contribution in [1.29, 1.82) is 0 Å². The van der Waals surface area contributed by atoms with Crippen molar-refractivity contribution < 1.29 is 24.2 Å². The van der Waals surface area contributed by atoms with Crippen molar-refractivity contribution in [2.45, 2.75) is 19.0 Å². The van der Waals surface area contributed by atoms with Gasteiger partial charge in [-0.05, 0) is 30.3 Å². The summed E-state index contributed by atoms with van der Waals surface area (Å²) in [6, 6.07) is 5.59. The molecule has 1 atom stereocenters. The van der Waals surface area contributed by atoms with E-state index in [1.165, 1.54) is 24.5 Å². The maximum absolute atomic E-state index is 12.9. The first-order valence-electron chi connectivity index (χ1n) is 7.71. The van der Waals surface area contributed by atoms with Crippen molar-refractivity contribution >= 4 is 34.4 Å². The number of carboxylic acids is 2. The first kappa shape index (κ1) is 18.5. The van der Waals surface area contributed by atoms with Crippen molar-refractivity contribution in [3.05, 3.63) is 68.2 Å². The fourth-order valence-corrected chi connectivity index (χ4v) is 2.98. The number of carboxylic acid groups (broad SMARTS) is 2. The smallest absolute Gasteiger partial charge is 0.332 e. The summed E-state index contributed by atoms with van der Waals surface area (Å²) in [6.07, 6.45) is 0.469. The lowest BCUT2D eigenvalue weighted by Gasteiger charge is -2.17. The third kappa shape index (κ3) is 3.49. The molecular weight excluding hydrogens is 380 g/mol. The van der Waals surface area contributed by atoms with Gasteiger partial charge in [-0.3, -0.25) is 14.2 Å². The van der Waals surface area contributed by atoms with Crippen LogP contribution in [0.2, 0.25) is 5.02 Å². The molecule has 0 spiro atoms. The number of fused-ring (bicyclic) bond motifs is 1. The Morgan fingerprint density at radius 2 is 1.93 bits per heavy atom. The summed E-state index contributed by atoms with van der Waals surface area (Å²) in [6.45, 7) is -0.0797. The van der Waals surface area contributed by atoms with Crippen LogP contribution in [0.1, 0.15) is 18.2 Å². The molecule has 0 fully saturated rings. The average molecular weight is 393 g/mol. The summed E-state index contributed by atoms with van der Waals surface area (Å²) in [5, 5.41) is 18.6. The summed E-state index contributed by atoms with van der Waals surface area (Å²) in [5.41, 5.74) is -1.66. The standard InChI is InChI=1S/C17H13ClN2O7/c18-9-3-4-12-11(6-9)15(23)20(13(16(24)25)7-14(21)22)17(26)19(12)8-10-2-1-5-27-10/h1-6,13H,7-8H2,(H,21,22)(H,24,25)/t13-/m0/s1. The molecule has 0 unspecified atom stereocenters. The minimum absolute atomic E-state index is 0.00899. The molecule has 0 amide bonds. The molecule has 3 aromatic rings. The second-order valence-electron chi connectivity index (χ2n) is 5.74. The van der Waals surface area contributed by atoms with Crippen LogP contribution < -0.4 is 11.2 Å². The highest BCUT2D eigenvalue weighted by Crippen LogP contribution is 2.18. The number of halogens is 1. The van der Waals surface area contributed by atoms with Crippen LogP contribution in [0.25, 0.3) is 10.9 Å². The van der Waals surface area contributed by atoms with E-state index >= 15 is 0 Å². The molecular formula is C17H13ClN2O7. The summed E-state index contributed by atoms with van der Waals surface area (Å²) in [4.78, 5) is 48.3. The minimum Gasteiger partial charge on any atom is -0.481 e. The van der Waals surface area contributed by atoms with E-state index < -0.39 is 35.7 Å². The molecule has 10 heteroatoms. The number of aliphatic carboxylic acids is 2. The van der Waals surface area contributed by atoms with E-state index in [4.69, 9.17) is 21.1 Å². The molecule has 140 valence electrons. The van der Waals surface area contributed by atoms with E-state index in [0.717, 1.165) is 4.57 Å². The van der Waals surface area contributed by atoms with Crippen molar-refractivity contribution in [2.24, 2.45) is 0 Å². The third-order valence-electron chi connectivity index (χ3n) is 3.99. The van der Waals surface area contributed by atoms with Gasteiger partial charge in [0.2, 0.25) is 0 Å². The SMILES string of the molecule is O=C(O)C[C@@H](C(=O)O)n1c(=O)c2cc(Cl)ccc2n(Cc2ccco2)c1=O. The van der Waals surface area contributed by atoms with Crippen LogP contribution in [0.5, 0.6) is 0 Å².